The fraction of sp³-hybridized carbons (Fsp3) is 0.467. The lowest BCUT2D eigenvalue weighted by molar-refractivity contribution is 0.340. The second-order valence-corrected chi connectivity index (χ2v) is 4.73. The van der Waals surface area contributed by atoms with Crippen molar-refractivity contribution in [3.05, 3.63) is 30.0 Å². The Hall–Kier alpha value is -1.19. The van der Waals surface area contributed by atoms with Gasteiger partial charge >= 0.3 is 0 Å². The lowest BCUT2D eigenvalue weighted by Crippen LogP contribution is -2.17. The van der Waals surface area contributed by atoms with Crippen LogP contribution in [0.2, 0.25) is 0 Å². The average molecular weight is 283 g/mol. The molecule has 2 N–H and O–H groups in total. The topological polar surface area (TPSA) is 40.2 Å². The first-order chi connectivity index (χ1) is 8.65. The first-order valence-electron chi connectivity index (χ1n) is 6.65. The van der Waals surface area contributed by atoms with Crippen LogP contribution in [0.1, 0.15) is 26.3 Å². The Morgan fingerprint density at radius 3 is 2.63 bits per heavy atom. The molecule has 1 aromatic heterocycles. The van der Waals surface area contributed by atoms with E-state index in [0.29, 0.717) is 6.61 Å². The molecule has 0 aliphatic carbocycles. The number of rotatable bonds is 5. The highest BCUT2D eigenvalue weighted by Crippen LogP contribution is 2.27. The highest BCUT2D eigenvalue weighted by molar-refractivity contribution is 5.86. The Balaban J connectivity index is 0.00000180. The van der Waals surface area contributed by atoms with E-state index in [-0.39, 0.29) is 18.4 Å². The van der Waals surface area contributed by atoms with E-state index in [9.17, 15) is 0 Å². The van der Waals surface area contributed by atoms with Crippen molar-refractivity contribution in [2.75, 3.05) is 6.61 Å². The number of halogens is 1. The van der Waals surface area contributed by atoms with Crippen LogP contribution in [-0.2, 0) is 13.0 Å². The van der Waals surface area contributed by atoms with E-state index in [1.807, 2.05) is 19.9 Å². The molecule has 2 rings (SSSR count). The summed E-state index contributed by atoms with van der Waals surface area (Å²) in [7, 11) is 0. The standard InChI is InChI=1S/C15H22N2O.ClH/c1-4-17-10-12(8-11(3)16)14-9-13(18-5-2)6-7-15(14)17;/h6-7,9-11H,4-5,8,16H2,1-3H3;1H. The third-order valence-corrected chi connectivity index (χ3v) is 3.13. The number of ether oxygens (including phenoxy) is 1. The first-order valence-corrected chi connectivity index (χ1v) is 6.65. The number of fused-ring (bicyclic) bond motifs is 1. The van der Waals surface area contributed by atoms with Gasteiger partial charge < -0.3 is 15.0 Å². The van der Waals surface area contributed by atoms with Crippen molar-refractivity contribution in [1.29, 1.82) is 0 Å². The van der Waals surface area contributed by atoms with Crippen LogP contribution in [-0.4, -0.2) is 17.2 Å². The molecule has 0 saturated carbocycles. The molecule has 0 saturated heterocycles. The number of nitrogens with two attached hydrogens (primary N) is 1. The molecule has 2 aromatic rings. The largest absolute Gasteiger partial charge is 0.494 e. The lowest BCUT2D eigenvalue weighted by atomic mass is 10.1. The maximum absolute atomic E-state index is 5.92. The number of aryl methyl sites for hydroxylation is 1. The summed E-state index contributed by atoms with van der Waals surface area (Å²) in [5.74, 6) is 0.935. The second-order valence-electron chi connectivity index (χ2n) is 4.73. The van der Waals surface area contributed by atoms with Gasteiger partial charge in [-0.25, -0.2) is 0 Å². The molecule has 4 heteroatoms. The SMILES string of the molecule is CCOc1ccc2c(c1)c(CC(C)N)cn2CC.Cl. The number of benzene rings is 1. The smallest absolute Gasteiger partial charge is 0.120 e. The lowest BCUT2D eigenvalue weighted by Gasteiger charge is -2.06. The van der Waals surface area contributed by atoms with E-state index >= 15 is 0 Å². The summed E-state index contributed by atoms with van der Waals surface area (Å²) in [4.78, 5) is 0. The fourth-order valence-corrected chi connectivity index (χ4v) is 2.38. The number of aromatic nitrogens is 1. The summed E-state index contributed by atoms with van der Waals surface area (Å²) in [5, 5.41) is 1.26. The number of hydrogen-bond donors (Lipinski definition) is 1. The molecule has 106 valence electrons. The Labute approximate surface area is 121 Å². The first kappa shape index (κ1) is 15.9. The van der Waals surface area contributed by atoms with Crippen LogP contribution in [0.15, 0.2) is 24.4 Å². The van der Waals surface area contributed by atoms with E-state index in [0.717, 1.165) is 18.7 Å². The van der Waals surface area contributed by atoms with Crippen molar-refractivity contribution in [2.45, 2.75) is 39.8 Å². The summed E-state index contributed by atoms with van der Waals surface area (Å²) < 4.78 is 7.84. The zero-order valence-electron chi connectivity index (χ0n) is 11.8. The maximum atomic E-state index is 5.92. The zero-order valence-corrected chi connectivity index (χ0v) is 12.7. The van der Waals surface area contributed by atoms with Gasteiger partial charge in [0.1, 0.15) is 5.75 Å². The van der Waals surface area contributed by atoms with E-state index in [1.54, 1.807) is 0 Å². The van der Waals surface area contributed by atoms with Gasteiger partial charge in [-0.2, -0.15) is 0 Å². The second kappa shape index (κ2) is 6.83. The fourth-order valence-electron chi connectivity index (χ4n) is 2.38. The van der Waals surface area contributed by atoms with Crippen LogP contribution in [0.3, 0.4) is 0 Å². The van der Waals surface area contributed by atoms with E-state index in [4.69, 9.17) is 10.5 Å². The third-order valence-electron chi connectivity index (χ3n) is 3.13. The van der Waals surface area contributed by atoms with Crippen molar-refractivity contribution < 1.29 is 4.74 Å². The molecule has 1 heterocycles. The van der Waals surface area contributed by atoms with Crippen LogP contribution in [0.4, 0.5) is 0 Å². The van der Waals surface area contributed by atoms with Crippen LogP contribution in [0.5, 0.6) is 5.75 Å². The predicted molar refractivity (Wildman–Crippen MR) is 83.4 cm³/mol. The summed E-state index contributed by atoms with van der Waals surface area (Å²) in [6.07, 6.45) is 3.11. The summed E-state index contributed by atoms with van der Waals surface area (Å²) in [5.41, 5.74) is 8.49. The van der Waals surface area contributed by atoms with Crippen molar-refractivity contribution in [3.8, 4) is 5.75 Å². The number of nitrogens with zero attached hydrogens (tertiary/aromatic N) is 1. The maximum Gasteiger partial charge on any atom is 0.120 e. The molecule has 1 unspecified atom stereocenters. The summed E-state index contributed by atoms with van der Waals surface area (Å²) in [6, 6.07) is 6.47. The molecule has 0 radical (unpaired) electrons. The monoisotopic (exact) mass is 282 g/mol. The Kier molecular flexibility index (Phi) is 5.70. The molecule has 3 nitrogen and oxygen atoms in total. The van der Waals surface area contributed by atoms with Crippen LogP contribution < -0.4 is 10.5 Å². The van der Waals surface area contributed by atoms with Crippen molar-refractivity contribution in [1.82, 2.24) is 4.57 Å². The number of hydrogen-bond acceptors (Lipinski definition) is 2. The minimum absolute atomic E-state index is 0. The van der Waals surface area contributed by atoms with Gasteiger partial charge in [0.25, 0.3) is 0 Å². The molecule has 0 aliphatic rings. The Morgan fingerprint density at radius 1 is 1.32 bits per heavy atom. The van der Waals surface area contributed by atoms with Gasteiger partial charge in [0.05, 0.1) is 6.61 Å². The normalized spacial score (nSPS) is 12.2. The van der Waals surface area contributed by atoms with E-state index < -0.39 is 0 Å². The van der Waals surface area contributed by atoms with Gasteiger partial charge in [-0.3, -0.25) is 0 Å². The summed E-state index contributed by atoms with van der Waals surface area (Å²) in [6.45, 7) is 7.88. The van der Waals surface area contributed by atoms with E-state index in [2.05, 4.69) is 29.8 Å². The molecular weight excluding hydrogens is 260 g/mol. The third kappa shape index (κ3) is 3.43. The Morgan fingerprint density at radius 2 is 2.05 bits per heavy atom. The van der Waals surface area contributed by atoms with Crippen molar-refractivity contribution in [2.24, 2.45) is 5.73 Å². The molecule has 0 amide bonds. The van der Waals surface area contributed by atoms with Gasteiger partial charge in [-0.15, -0.1) is 12.4 Å². The minimum Gasteiger partial charge on any atom is -0.494 e. The zero-order chi connectivity index (χ0) is 13.1. The van der Waals surface area contributed by atoms with Gasteiger partial charge in [-0.05, 0) is 51.0 Å². The molecule has 0 bridgehead atoms. The molecule has 0 aliphatic heterocycles. The highest BCUT2D eigenvalue weighted by atomic mass is 35.5. The van der Waals surface area contributed by atoms with Gasteiger partial charge in [0.2, 0.25) is 0 Å². The molecular formula is C15H23ClN2O. The van der Waals surface area contributed by atoms with Crippen LogP contribution in [0, 0.1) is 0 Å². The van der Waals surface area contributed by atoms with Gasteiger partial charge in [0, 0.05) is 29.7 Å². The minimum atomic E-state index is 0. The van der Waals surface area contributed by atoms with Crippen molar-refractivity contribution in [3.63, 3.8) is 0 Å². The molecule has 19 heavy (non-hydrogen) atoms. The van der Waals surface area contributed by atoms with Crippen molar-refractivity contribution >= 4 is 23.3 Å². The highest BCUT2D eigenvalue weighted by Gasteiger charge is 2.10. The quantitative estimate of drug-likeness (QED) is 0.913. The molecule has 0 fully saturated rings. The average Bonchev–Trinajstić information content (AvgIpc) is 2.67. The van der Waals surface area contributed by atoms with Gasteiger partial charge in [-0.1, -0.05) is 0 Å². The van der Waals surface area contributed by atoms with Crippen LogP contribution in [0.25, 0.3) is 10.9 Å². The van der Waals surface area contributed by atoms with E-state index in [1.165, 1.54) is 16.5 Å². The molecule has 1 aromatic carbocycles. The summed E-state index contributed by atoms with van der Waals surface area (Å²) >= 11 is 0. The van der Waals surface area contributed by atoms with Crippen LogP contribution >= 0.6 is 12.4 Å². The molecule has 1 atom stereocenters. The predicted octanol–water partition coefficient (Wildman–Crippen LogP) is 3.37. The Bertz CT molecular complexity index is 534. The van der Waals surface area contributed by atoms with Gasteiger partial charge in [0.15, 0.2) is 0 Å². The molecule has 0 spiro atoms.